The molecule has 0 unspecified atom stereocenters. The summed E-state index contributed by atoms with van der Waals surface area (Å²) in [6.45, 7) is 3.57. The molecule has 0 radical (unpaired) electrons. The summed E-state index contributed by atoms with van der Waals surface area (Å²) in [5.74, 6) is 0.986. The molecule has 1 rings (SSSR count). The monoisotopic (exact) mass is 282 g/mol. The fraction of sp³-hybridized carbons (Fsp3) is 0.500. The molecule has 0 fully saturated rings. The third-order valence-corrected chi connectivity index (χ3v) is 2.58. The molecule has 0 saturated heterocycles. The van der Waals surface area contributed by atoms with Crippen LogP contribution in [0.1, 0.15) is 13.3 Å². The lowest BCUT2D eigenvalue weighted by Crippen LogP contribution is -2.21. The van der Waals surface area contributed by atoms with Gasteiger partial charge in [-0.05, 0) is 18.7 Å². The van der Waals surface area contributed by atoms with Gasteiger partial charge >= 0.3 is 0 Å². The Bertz CT molecular complexity index is 424. The van der Waals surface area contributed by atoms with E-state index in [-0.39, 0.29) is 19.1 Å². The first-order chi connectivity index (χ1) is 9.71. The number of aliphatic hydroxyl groups is 1. The topological polar surface area (TPSA) is 79.8 Å². The zero-order valence-electron chi connectivity index (χ0n) is 11.9. The van der Waals surface area contributed by atoms with Crippen LogP contribution in [0.2, 0.25) is 0 Å². The van der Waals surface area contributed by atoms with Crippen molar-refractivity contribution in [2.24, 2.45) is 0 Å². The molecule has 0 aromatic heterocycles. The van der Waals surface area contributed by atoms with E-state index in [0.29, 0.717) is 30.2 Å². The van der Waals surface area contributed by atoms with Crippen molar-refractivity contribution in [2.75, 3.05) is 38.7 Å². The van der Waals surface area contributed by atoms with E-state index in [1.807, 2.05) is 6.92 Å². The Hall–Kier alpha value is -1.79. The van der Waals surface area contributed by atoms with E-state index in [1.165, 1.54) is 7.11 Å². The third kappa shape index (κ3) is 5.46. The zero-order chi connectivity index (χ0) is 14.8. The smallest absolute Gasteiger partial charge is 0.225 e. The van der Waals surface area contributed by atoms with E-state index >= 15 is 0 Å². The van der Waals surface area contributed by atoms with Gasteiger partial charge in [0, 0.05) is 24.7 Å². The van der Waals surface area contributed by atoms with Crippen LogP contribution in [-0.4, -0.2) is 44.4 Å². The van der Waals surface area contributed by atoms with E-state index in [4.69, 9.17) is 14.6 Å². The molecule has 1 aromatic rings. The quantitative estimate of drug-likeness (QED) is 0.589. The number of hydrogen-bond donors (Lipinski definition) is 3. The van der Waals surface area contributed by atoms with Crippen molar-refractivity contribution in [2.45, 2.75) is 13.3 Å². The van der Waals surface area contributed by atoms with E-state index in [9.17, 15) is 4.79 Å². The number of rotatable bonds is 9. The molecule has 20 heavy (non-hydrogen) atoms. The Kier molecular flexibility index (Phi) is 7.46. The molecule has 0 heterocycles. The van der Waals surface area contributed by atoms with Crippen molar-refractivity contribution in [1.29, 1.82) is 0 Å². The van der Waals surface area contributed by atoms with Crippen molar-refractivity contribution in [3.8, 4) is 11.5 Å². The second kappa shape index (κ2) is 9.17. The van der Waals surface area contributed by atoms with Crippen molar-refractivity contribution in [3.05, 3.63) is 18.2 Å². The molecule has 1 amide bonds. The highest BCUT2D eigenvalue weighted by molar-refractivity contribution is 5.91. The van der Waals surface area contributed by atoms with Gasteiger partial charge in [-0.25, -0.2) is 0 Å². The van der Waals surface area contributed by atoms with Crippen LogP contribution >= 0.6 is 0 Å². The summed E-state index contributed by atoms with van der Waals surface area (Å²) in [4.78, 5) is 11.7. The van der Waals surface area contributed by atoms with Crippen LogP contribution in [0.5, 0.6) is 11.5 Å². The van der Waals surface area contributed by atoms with Crippen LogP contribution in [0.25, 0.3) is 0 Å². The largest absolute Gasteiger partial charge is 0.493 e. The first-order valence-corrected chi connectivity index (χ1v) is 6.63. The number of carbonyl (C=O) groups excluding carboxylic acids is 1. The maximum absolute atomic E-state index is 11.7. The Morgan fingerprint density at radius 1 is 1.35 bits per heavy atom. The molecule has 0 spiro atoms. The minimum atomic E-state index is -0.0809. The molecule has 6 heteroatoms. The summed E-state index contributed by atoms with van der Waals surface area (Å²) < 4.78 is 10.5. The van der Waals surface area contributed by atoms with Crippen LogP contribution in [0.4, 0.5) is 5.69 Å². The minimum Gasteiger partial charge on any atom is -0.493 e. The van der Waals surface area contributed by atoms with E-state index in [2.05, 4.69) is 10.6 Å². The highest BCUT2D eigenvalue weighted by atomic mass is 16.5. The second-order valence-corrected chi connectivity index (χ2v) is 4.09. The normalized spacial score (nSPS) is 10.2. The standard InChI is InChI=1S/C14H22N2O4/c1-3-15-7-6-14(18)16-11-4-5-12(19-2)13(10-11)20-9-8-17/h4-5,10,15,17H,3,6-9H2,1-2H3,(H,16,18). The van der Waals surface area contributed by atoms with Gasteiger partial charge in [-0.3, -0.25) is 4.79 Å². The van der Waals surface area contributed by atoms with Crippen molar-refractivity contribution in [3.63, 3.8) is 0 Å². The van der Waals surface area contributed by atoms with Gasteiger partial charge in [0.05, 0.1) is 13.7 Å². The predicted molar refractivity (Wildman–Crippen MR) is 77.4 cm³/mol. The number of hydrogen-bond acceptors (Lipinski definition) is 5. The molecule has 1 aromatic carbocycles. The lowest BCUT2D eigenvalue weighted by atomic mass is 10.2. The van der Waals surface area contributed by atoms with Gasteiger partial charge in [0.1, 0.15) is 6.61 Å². The fourth-order valence-corrected chi connectivity index (χ4v) is 1.63. The molecule has 0 aliphatic heterocycles. The number of methoxy groups -OCH3 is 1. The van der Waals surface area contributed by atoms with Gasteiger partial charge in [-0.1, -0.05) is 6.92 Å². The number of ether oxygens (including phenoxy) is 2. The molecule has 0 saturated carbocycles. The Balaban J connectivity index is 2.63. The number of anilines is 1. The van der Waals surface area contributed by atoms with Gasteiger partial charge in [-0.15, -0.1) is 0 Å². The Labute approximate surface area is 119 Å². The predicted octanol–water partition coefficient (Wildman–Crippen LogP) is 1.00. The van der Waals surface area contributed by atoms with Crippen LogP contribution in [0, 0.1) is 0 Å². The number of carbonyl (C=O) groups is 1. The van der Waals surface area contributed by atoms with Crippen molar-refractivity contribution >= 4 is 11.6 Å². The second-order valence-electron chi connectivity index (χ2n) is 4.09. The lowest BCUT2D eigenvalue weighted by Gasteiger charge is -2.12. The SMILES string of the molecule is CCNCCC(=O)Nc1ccc(OC)c(OCCO)c1. The molecule has 0 bridgehead atoms. The summed E-state index contributed by atoms with van der Waals surface area (Å²) in [6, 6.07) is 5.14. The number of aliphatic hydroxyl groups excluding tert-OH is 1. The molecular formula is C14H22N2O4. The average molecular weight is 282 g/mol. The summed E-state index contributed by atoms with van der Waals surface area (Å²) in [6.07, 6.45) is 0.409. The van der Waals surface area contributed by atoms with Gasteiger partial charge in [-0.2, -0.15) is 0 Å². The van der Waals surface area contributed by atoms with E-state index in [1.54, 1.807) is 18.2 Å². The third-order valence-electron chi connectivity index (χ3n) is 2.58. The maximum Gasteiger partial charge on any atom is 0.225 e. The molecule has 3 N–H and O–H groups in total. The molecule has 0 aliphatic carbocycles. The number of amides is 1. The fourth-order valence-electron chi connectivity index (χ4n) is 1.63. The van der Waals surface area contributed by atoms with E-state index in [0.717, 1.165) is 6.54 Å². The number of benzene rings is 1. The summed E-state index contributed by atoms with van der Waals surface area (Å²) in [5, 5.41) is 14.7. The molecule has 112 valence electrons. The van der Waals surface area contributed by atoms with Crippen LogP contribution in [0.15, 0.2) is 18.2 Å². The minimum absolute atomic E-state index is 0.0655. The molecular weight excluding hydrogens is 260 g/mol. The maximum atomic E-state index is 11.7. The molecule has 0 aliphatic rings. The van der Waals surface area contributed by atoms with Gasteiger partial charge in [0.25, 0.3) is 0 Å². The number of nitrogens with one attached hydrogen (secondary N) is 2. The first kappa shape index (κ1) is 16.3. The van der Waals surface area contributed by atoms with Crippen molar-refractivity contribution < 1.29 is 19.4 Å². The highest BCUT2D eigenvalue weighted by Crippen LogP contribution is 2.30. The van der Waals surface area contributed by atoms with Crippen molar-refractivity contribution in [1.82, 2.24) is 5.32 Å². The average Bonchev–Trinajstić information content (AvgIpc) is 2.45. The summed E-state index contributed by atoms with van der Waals surface area (Å²) in [7, 11) is 1.54. The molecule has 6 nitrogen and oxygen atoms in total. The van der Waals surface area contributed by atoms with Crippen LogP contribution in [0.3, 0.4) is 0 Å². The van der Waals surface area contributed by atoms with Crippen LogP contribution in [-0.2, 0) is 4.79 Å². The Morgan fingerprint density at radius 2 is 2.15 bits per heavy atom. The van der Waals surface area contributed by atoms with Crippen LogP contribution < -0.4 is 20.1 Å². The zero-order valence-corrected chi connectivity index (χ0v) is 11.9. The van der Waals surface area contributed by atoms with Gasteiger partial charge < -0.3 is 25.2 Å². The summed E-state index contributed by atoms with van der Waals surface area (Å²) in [5.41, 5.74) is 0.639. The summed E-state index contributed by atoms with van der Waals surface area (Å²) >= 11 is 0. The van der Waals surface area contributed by atoms with Gasteiger partial charge in [0.15, 0.2) is 11.5 Å². The Morgan fingerprint density at radius 3 is 2.80 bits per heavy atom. The molecule has 0 atom stereocenters. The van der Waals surface area contributed by atoms with Gasteiger partial charge in [0.2, 0.25) is 5.91 Å². The highest BCUT2D eigenvalue weighted by Gasteiger charge is 2.08. The van der Waals surface area contributed by atoms with E-state index < -0.39 is 0 Å². The first-order valence-electron chi connectivity index (χ1n) is 6.63. The lowest BCUT2D eigenvalue weighted by molar-refractivity contribution is -0.116.